The molecule has 3 aliphatic heterocycles. The van der Waals surface area contributed by atoms with Crippen LogP contribution in [0.5, 0.6) is 17.2 Å². The molecule has 9 heteroatoms. The van der Waals surface area contributed by atoms with Gasteiger partial charge in [0.15, 0.2) is 17.3 Å². The Morgan fingerprint density at radius 1 is 0.533 bits per heavy atom. The SMILES string of the molecule is COc1cccc(C(=O)c2cc3cc(c2)C(=O)c2ccc(cc2)OCCOCCOCCOCCOc2ccc(cc2)C3=O)c1. The largest absolute Gasteiger partial charge is 0.497 e. The van der Waals surface area contributed by atoms with E-state index in [1.165, 1.54) is 25.3 Å². The normalized spacial score (nSPS) is 15.2. The van der Waals surface area contributed by atoms with E-state index in [2.05, 4.69) is 0 Å². The molecule has 0 fully saturated rings. The molecule has 7 rings (SSSR count). The van der Waals surface area contributed by atoms with Gasteiger partial charge in [0, 0.05) is 33.4 Å². The minimum atomic E-state index is -0.347. The van der Waals surface area contributed by atoms with Gasteiger partial charge in [0.2, 0.25) is 0 Å². The molecule has 0 atom stereocenters. The van der Waals surface area contributed by atoms with Crippen LogP contribution in [0.4, 0.5) is 0 Å². The Hall–Kier alpha value is -4.83. The summed E-state index contributed by atoms with van der Waals surface area (Å²) in [7, 11) is 1.52. The first-order valence-corrected chi connectivity index (χ1v) is 14.6. The standard InChI is InChI=1S/C36H34O9/c1-40-33-4-2-3-27(24-33)36(39)30-22-28-21-29(23-30)35(38)26-7-11-32(12-8-26)45-20-18-43-16-14-41-13-15-42-17-19-44-31-9-5-25(6-10-31)34(28)37/h2-12,21-24H,13-20H2,1H3. The van der Waals surface area contributed by atoms with Crippen LogP contribution in [0.15, 0.2) is 91.0 Å². The van der Waals surface area contributed by atoms with Gasteiger partial charge in [-0.3, -0.25) is 14.4 Å². The topological polar surface area (TPSA) is 107 Å². The second-order valence-corrected chi connectivity index (χ2v) is 10.1. The molecule has 0 radical (unpaired) electrons. The van der Waals surface area contributed by atoms with Gasteiger partial charge in [0.25, 0.3) is 0 Å². The number of hydrogen-bond acceptors (Lipinski definition) is 9. The number of carbonyl (C=O) groups excluding carboxylic acids is 3. The third-order valence-electron chi connectivity index (χ3n) is 7.02. The molecule has 0 N–H and O–H groups in total. The maximum Gasteiger partial charge on any atom is 0.193 e. The highest BCUT2D eigenvalue weighted by Crippen LogP contribution is 2.24. The van der Waals surface area contributed by atoms with Crippen LogP contribution in [-0.4, -0.2) is 77.3 Å². The molecule has 0 saturated carbocycles. The van der Waals surface area contributed by atoms with Gasteiger partial charge in [0.05, 0.1) is 46.8 Å². The minimum absolute atomic E-state index is 0.205. The molecule has 0 aromatic heterocycles. The van der Waals surface area contributed by atoms with Crippen molar-refractivity contribution in [2.45, 2.75) is 0 Å². The minimum Gasteiger partial charge on any atom is -0.497 e. The van der Waals surface area contributed by atoms with E-state index in [0.29, 0.717) is 86.8 Å². The van der Waals surface area contributed by atoms with Crippen LogP contribution in [0, 0.1) is 0 Å². The number of rotatable bonds is 3. The van der Waals surface area contributed by atoms with Gasteiger partial charge < -0.3 is 28.4 Å². The van der Waals surface area contributed by atoms with Crippen LogP contribution < -0.4 is 14.2 Å². The van der Waals surface area contributed by atoms with Crippen molar-refractivity contribution in [3.8, 4) is 17.2 Å². The summed E-state index contributed by atoms with van der Waals surface area (Å²) in [5, 5.41) is 0. The molecule has 3 heterocycles. The van der Waals surface area contributed by atoms with Gasteiger partial charge in [0.1, 0.15) is 30.5 Å². The van der Waals surface area contributed by atoms with Crippen molar-refractivity contribution in [1.29, 1.82) is 0 Å². The third-order valence-corrected chi connectivity index (χ3v) is 7.02. The number of carbonyl (C=O) groups is 3. The number of ether oxygens (including phenoxy) is 6. The lowest BCUT2D eigenvalue weighted by atomic mass is 9.92. The van der Waals surface area contributed by atoms with Crippen molar-refractivity contribution >= 4 is 17.3 Å². The first-order valence-electron chi connectivity index (χ1n) is 14.6. The Morgan fingerprint density at radius 3 is 1.47 bits per heavy atom. The lowest BCUT2D eigenvalue weighted by molar-refractivity contribution is 0.00499. The molecule has 232 valence electrons. The van der Waals surface area contributed by atoms with Crippen molar-refractivity contribution in [3.63, 3.8) is 0 Å². The third kappa shape index (κ3) is 8.63. The Balaban J connectivity index is 1.46. The van der Waals surface area contributed by atoms with Crippen molar-refractivity contribution in [2.75, 3.05) is 60.0 Å². The highest BCUT2D eigenvalue weighted by Gasteiger charge is 2.20. The molecule has 9 nitrogen and oxygen atoms in total. The average Bonchev–Trinajstić information content (AvgIpc) is 3.09. The van der Waals surface area contributed by atoms with Gasteiger partial charge >= 0.3 is 0 Å². The van der Waals surface area contributed by atoms with Crippen molar-refractivity contribution < 1.29 is 42.8 Å². The predicted octanol–water partition coefficient (Wildman–Crippen LogP) is 5.21. The molecular formula is C36H34O9. The number of fused-ring (bicyclic) bond motifs is 2. The van der Waals surface area contributed by atoms with E-state index in [9.17, 15) is 14.4 Å². The van der Waals surface area contributed by atoms with E-state index in [-0.39, 0.29) is 34.0 Å². The van der Waals surface area contributed by atoms with E-state index in [1.54, 1.807) is 72.8 Å². The van der Waals surface area contributed by atoms with Crippen LogP contribution in [0.3, 0.4) is 0 Å². The second-order valence-electron chi connectivity index (χ2n) is 10.1. The highest BCUT2D eigenvalue weighted by atomic mass is 16.6. The molecule has 6 bridgehead atoms. The first-order chi connectivity index (χ1) is 22.0. The molecule has 4 aromatic rings. The molecule has 4 aromatic carbocycles. The summed E-state index contributed by atoms with van der Waals surface area (Å²) in [5.74, 6) is 0.647. The molecule has 0 spiro atoms. The zero-order chi connectivity index (χ0) is 31.4. The summed E-state index contributed by atoms with van der Waals surface area (Å²) < 4.78 is 33.3. The fourth-order valence-corrected chi connectivity index (χ4v) is 4.67. The fourth-order valence-electron chi connectivity index (χ4n) is 4.67. The number of methoxy groups -OCH3 is 1. The van der Waals surface area contributed by atoms with Crippen LogP contribution in [-0.2, 0) is 14.2 Å². The number of ketones is 3. The Bertz CT molecular complexity index is 1520. The van der Waals surface area contributed by atoms with Gasteiger partial charge in [-0.05, 0) is 78.9 Å². The zero-order valence-corrected chi connectivity index (χ0v) is 25.0. The van der Waals surface area contributed by atoms with Crippen molar-refractivity contribution in [2.24, 2.45) is 0 Å². The van der Waals surface area contributed by atoms with Gasteiger partial charge in [-0.1, -0.05) is 12.1 Å². The molecule has 0 saturated heterocycles. The molecule has 0 unspecified atom stereocenters. The van der Waals surface area contributed by atoms with Gasteiger partial charge in [-0.2, -0.15) is 0 Å². The Kier molecular flexibility index (Phi) is 11.1. The van der Waals surface area contributed by atoms with E-state index in [4.69, 9.17) is 28.4 Å². The maximum atomic E-state index is 13.7. The van der Waals surface area contributed by atoms with Crippen molar-refractivity contribution in [3.05, 3.63) is 124 Å². The summed E-state index contributed by atoms with van der Waals surface area (Å²) in [5.41, 5.74) is 1.75. The lowest BCUT2D eigenvalue weighted by Crippen LogP contribution is -2.14. The predicted molar refractivity (Wildman–Crippen MR) is 166 cm³/mol. The summed E-state index contributed by atoms with van der Waals surface area (Å²) in [6.45, 7) is 3.16. The van der Waals surface area contributed by atoms with Crippen molar-refractivity contribution in [1.82, 2.24) is 0 Å². The van der Waals surface area contributed by atoms with Crippen LogP contribution >= 0.6 is 0 Å². The molecular weight excluding hydrogens is 576 g/mol. The van der Waals surface area contributed by atoms with Crippen LogP contribution in [0.1, 0.15) is 47.8 Å². The van der Waals surface area contributed by atoms with Gasteiger partial charge in [-0.25, -0.2) is 0 Å². The number of hydrogen-bond donors (Lipinski definition) is 0. The Morgan fingerprint density at radius 2 is 1.00 bits per heavy atom. The monoisotopic (exact) mass is 610 g/mol. The summed E-state index contributed by atoms with van der Waals surface area (Å²) in [6.07, 6.45) is 0. The summed E-state index contributed by atoms with van der Waals surface area (Å²) in [6, 6.07) is 24.6. The highest BCUT2D eigenvalue weighted by molar-refractivity contribution is 6.17. The Labute approximate surface area is 261 Å². The maximum absolute atomic E-state index is 13.7. The lowest BCUT2D eigenvalue weighted by Gasteiger charge is -2.12. The number of benzene rings is 4. The van der Waals surface area contributed by atoms with E-state index >= 15 is 0 Å². The average molecular weight is 611 g/mol. The quantitative estimate of drug-likeness (QED) is 0.289. The first kappa shape index (κ1) is 31.6. The zero-order valence-electron chi connectivity index (χ0n) is 25.0. The second kappa shape index (κ2) is 15.8. The van der Waals surface area contributed by atoms with E-state index < -0.39 is 0 Å². The summed E-state index contributed by atoms with van der Waals surface area (Å²) in [4.78, 5) is 41.0. The van der Waals surface area contributed by atoms with Crippen LogP contribution in [0.25, 0.3) is 0 Å². The summed E-state index contributed by atoms with van der Waals surface area (Å²) >= 11 is 0. The smallest absolute Gasteiger partial charge is 0.193 e. The molecule has 0 aliphatic carbocycles. The van der Waals surface area contributed by atoms with Crippen LogP contribution in [0.2, 0.25) is 0 Å². The fraction of sp³-hybridized carbons (Fsp3) is 0.250. The molecule has 45 heavy (non-hydrogen) atoms. The van der Waals surface area contributed by atoms with E-state index in [1.807, 2.05) is 0 Å². The van der Waals surface area contributed by atoms with Gasteiger partial charge in [-0.15, -0.1) is 0 Å². The molecule has 3 aliphatic rings. The van der Waals surface area contributed by atoms with E-state index in [0.717, 1.165) is 0 Å². The molecule has 0 amide bonds.